The summed E-state index contributed by atoms with van der Waals surface area (Å²) in [6.45, 7) is 0.997. The fraction of sp³-hybridized carbons (Fsp3) is 0.111. The third-order valence-corrected chi connectivity index (χ3v) is 4.89. The second kappa shape index (κ2) is 5.86. The maximum Gasteiger partial charge on any atom is 0.260 e. The molecule has 25 heavy (non-hydrogen) atoms. The Hall–Kier alpha value is -2.37. The molecular formula is C18H11Cl2FN2O2. The lowest BCUT2D eigenvalue weighted by Crippen LogP contribution is -2.21. The molecule has 126 valence electrons. The topological polar surface area (TPSA) is 51.1 Å². The van der Waals surface area contributed by atoms with Crippen LogP contribution in [0.25, 0.3) is 10.8 Å². The summed E-state index contributed by atoms with van der Waals surface area (Å²) in [6, 6.07) is 9.08. The van der Waals surface area contributed by atoms with Crippen molar-refractivity contribution in [3.05, 3.63) is 73.7 Å². The van der Waals surface area contributed by atoms with Gasteiger partial charge in [-0.2, -0.15) is 0 Å². The number of carbonyl (C=O) groups excluding carboxylic acids is 1. The minimum absolute atomic E-state index is 0.00358. The molecular weight excluding hydrogens is 366 g/mol. The number of anilines is 1. The predicted molar refractivity (Wildman–Crippen MR) is 96.6 cm³/mol. The van der Waals surface area contributed by atoms with E-state index in [1.165, 1.54) is 10.6 Å². The van der Waals surface area contributed by atoms with E-state index in [1.807, 2.05) is 0 Å². The highest BCUT2D eigenvalue weighted by molar-refractivity contribution is 6.38. The highest BCUT2D eigenvalue weighted by Crippen LogP contribution is 2.32. The molecule has 0 radical (unpaired) electrons. The number of nitrogens with zero attached hydrogens (tertiary/aromatic N) is 1. The molecule has 4 rings (SSSR count). The van der Waals surface area contributed by atoms with E-state index in [1.54, 1.807) is 24.3 Å². The first-order chi connectivity index (χ1) is 12.0. The number of benzene rings is 2. The normalized spacial score (nSPS) is 12.9. The van der Waals surface area contributed by atoms with Gasteiger partial charge in [-0.3, -0.25) is 14.2 Å². The number of halogens is 3. The summed E-state index contributed by atoms with van der Waals surface area (Å²) in [4.78, 5) is 25.8. The van der Waals surface area contributed by atoms with Gasteiger partial charge in [-0.15, -0.1) is 0 Å². The van der Waals surface area contributed by atoms with Gasteiger partial charge in [0.15, 0.2) is 5.78 Å². The summed E-state index contributed by atoms with van der Waals surface area (Å²) in [5.74, 6) is -0.758. The van der Waals surface area contributed by atoms with Crippen LogP contribution in [0.15, 0.2) is 41.2 Å². The van der Waals surface area contributed by atoms with Crippen molar-refractivity contribution in [2.75, 3.05) is 11.9 Å². The number of aromatic nitrogens is 1. The van der Waals surface area contributed by atoms with Gasteiger partial charge in [0.05, 0.1) is 15.6 Å². The number of nitrogens with one attached hydrogen (secondary N) is 1. The van der Waals surface area contributed by atoms with Crippen molar-refractivity contribution in [2.24, 2.45) is 0 Å². The Morgan fingerprint density at radius 3 is 2.60 bits per heavy atom. The Labute approximate surface area is 151 Å². The predicted octanol–water partition coefficient (Wildman–Crippen LogP) is 4.10. The van der Waals surface area contributed by atoms with Crippen LogP contribution in [0.2, 0.25) is 10.0 Å². The summed E-state index contributed by atoms with van der Waals surface area (Å²) >= 11 is 11.8. The minimum Gasteiger partial charge on any atom is -0.369 e. The van der Waals surface area contributed by atoms with Crippen LogP contribution < -0.4 is 10.9 Å². The SMILES string of the molecule is O=C(c1cc(F)c(Cl)cc1Cl)c1c2n(c(=O)c3ccccc13)CCN2. The molecule has 7 heteroatoms. The number of hydrogen-bond donors (Lipinski definition) is 1. The first kappa shape index (κ1) is 16.1. The molecule has 0 unspecified atom stereocenters. The fourth-order valence-electron chi connectivity index (χ4n) is 3.14. The zero-order valence-corrected chi connectivity index (χ0v) is 14.3. The third kappa shape index (κ3) is 2.42. The molecule has 1 aliphatic rings. The van der Waals surface area contributed by atoms with E-state index < -0.39 is 11.6 Å². The second-order valence-corrected chi connectivity index (χ2v) is 6.54. The molecule has 4 nitrogen and oxygen atoms in total. The van der Waals surface area contributed by atoms with E-state index in [2.05, 4.69) is 5.32 Å². The molecule has 0 aliphatic carbocycles. The number of hydrogen-bond acceptors (Lipinski definition) is 3. The molecule has 1 aromatic heterocycles. The Kier molecular flexibility index (Phi) is 3.78. The van der Waals surface area contributed by atoms with Gasteiger partial charge in [0, 0.05) is 29.4 Å². The van der Waals surface area contributed by atoms with Gasteiger partial charge in [-0.1, -0.05) is 41.4 Å². The number of carbonyl (C=O) groups is 1. The van der Waals surface area contributed by atoms with Crippen molar-refractivity contribution in [3.63, 3.8) is 0 Å². The largest absolute Gasteiger partial charge is 0.369 e. The van der Waals surface area contributed by atoms with Gasteiger partial charge in [0.1, 0.15) is 11.6 Å². The Bertz CT molecular complexity index is 1110. The molecule has 0 spiro atoms. The van der Waals surface area contributed by atoms with Crippen LogP contribution in [-0.2, 0) is 6.54 Å². The van der Waals surface area contributed by atoms with Crippen LogP contribution in [0.1, 0.15) is 15.9 Å². The molecule has 0 saturated heterocycles. The van der Waals surface area contributed by atoms with Gasteiger partial charge in [0.25, 0.3) is 5.56 Å². The van der Waals surface area contributed by atoms with E-state index in [0.29, 0.717) is 35.2 Å². The average molecular weight is 377 g/mol. The molecule has 1 aliphatic heterocycles. The first-order valence-corrected chi connectivity index (χ1v) is 8.33. The zero-order valence-electron chi connectivity index (χ0n) is 12.8. The van der Waals surface area contributed by atoms with Crippen LogP contribution in [0.4, 0.5) is 10.2 Å². The van der Waals surface area contributed by atoms with E-state index in [4.69, 9.17) is 23.2 Å². The van der Waals surface area contributed by atoms with E-state index in [9.17, 15) is 14.0 Å². The highest BCUT2D eigenvalue weighted by atomic mass is 35.5. The minimum atomic E-state index is -0.726. The highest BCUT2D eigenvalue weighted by Gasteiger charge is 2.27. The molecule has 0 bridgehead atoms. The monoisotopic (exact) mass is 376 g/mol. The Morgan fingerprint density at radius 1 is 1.12 bits per heavy atom. The van der Waals surface area contributed by atoms with Crippen molar-refractivity contribution in [2.45, 2.75) is 6.54 Å². The van der Waals surface area contributed by atoms with Crippen molar-refractivity contribution >= 4 is 45.6 Å². The maximum atomic E-state index is 13.9. The molecule has 0 atom stereocenters. The van der Waals surface area contributed by atoms with Gasteiger partial charge < -0.3 is 5.32 Å². The van der Waals surface area contributed by atoms with Crippen LogP contribution in [0.5, 0.6) is 0 Å². The number of fused-ring (bicyclic) bond motifs is 2. The summed E-state index contributed by atoms with van der Waals surface area (Å²) in [5, 5.41) is 3.92. The van der Waals surface area contributed by atoms with E-state index >= 15 is 0 Å². The number of ketones is 1. The standard InChI is InChI=1S/C18H11Cl2FN2O2/c19-12-8-13(20)14(21)7-11(12)16(24)15-9-3-1-2-4-10(9)18(25)23-6-5-22-17(15)23/h1-4,7-8,22H,5-6H2. The van der Waals surface area contributed by atoms with Crippen molar-refractivity contribution in [1.82, 2.24) is 4.57 Å². The van der Waals surface area contributed by atoms with Gasteiger partial charge >= 0.3 is 0 Å². The lowest BCUT2D eigenvalue weighted by atomic mass is 9.98. The third-order valence-electron chi connectivity index (χ3n) is 4.29. The molecule has 0 fully saturated rings. The number of pyridine rings is 1. The number of rotatable bonds is 2. The smallest absolute Gasteiger partial charge is 0.260 e. The van der Waals surface area contributed by atoms with E-state index in [0.717, 1.165) is 6.07 Å². The van der Waals surface area contributed by atoms with Gasteiger partial charge in [-0.05, 0) is 18.2 Å². The van der Waals surface area contributed by atoms with E-state index in [-0.39, 0.29) is 21.2 Å². The molecule has 2 aromatic carbocycles. The lowest BCUT2D eigenvalue weighted by Gasteiger charge is -2.14. The molecule has 2 heterocycles. The Morgan fingerprint density at radius 2 is 1.84 bits per heavy atom. The molecule has 1 N–H and O–H groups in total. The van der Waals surface area contributed by atoms with Crippen molar-refractivity contribution < 1.29 is 9.18 Å². The zero-order chi connectivity index (χ0) is 17.7. The Balaban J connectivity index is 2.05. The van der Waals surface area contributed by atoms with Crippen LogP contribution >= 0.6 is 23.2 Å². The lowest BCUT2D eigenvalue weighted by molar-refractivity contribution is 0.104. The summed E-state index contributed by atoms with van der Waals surface area (Å²) in [6.07, 6.45) is 0. The van der Waals surface area contributed by atoms with Crippen LogP contribution in [-0.4, -0.2) is 16.9 Å². The molecule has 3 aromatic rings. The second-order valence-electron chi connectivity index (χ2n) is 5.73. The van der Waals surface area contributed by atoms with Crippen LogP contribution in [0.3, 0.4) is 0 Å². The summed E-state index contributed by atoms with van der Waals surface area (Å²) in [7, 11) is 0. The average Bonchev–Trinajstić information content (AvgIpc) is 3.08. The summed E-state index contributed by atoms with van der Waals surface area (Å²) in [5.41, 5.74) is 0.140. The first-order valence-electron chi connectivity index (χ1n) is 7.57. The van der Waals surface area contributed by atoms with Crippen LogP contribution in [0, 0.1) is 5.82 Å². The quantitative estimate of drug-likeness (QED) is 0.540. The summed E-state index contributed by atoms with van der Waals surface area (Å²) < 4.78 is 15.4. The maximum absolute atomic E-state index is 13.9. The molecule has 0 saturated carbocycles. The van der Waals surface area contributed by atoms with Crippen molar-refractivity contribution in [1.29, 1.82) is 0 Å². The van der Waals surface area contributed by atoms with Gasteiger partial charge in [0.2, 0.25) is 0 Å². The fourth-order valence-corrected chi connectivity index (χ4v) is 3.61. The molecule has 0 amide bonds. The van der Waals surface area contributed by atoms with Crippen molar-refractivity contribution in [3.8, 4) is 0 Å². The van der Waals surface area contributed by atoms with Gasteiger partial charge in [-0.25, -0.2) is 4.39 Å².